The van der Waals surface area contributed by atoms with Gasteiger partial charge in [0.05, 0.1) is 35.3 Å². The van der Waals surface area contributed by atoms with E-state index in [2.05, 4.69) is 72.8 Å². The number of halogens is 4. The normalized spacial score (nSPS) is 16.5. The van der Waals surface area contributed by atoms with E-state index in [0.717, 1.165) is 8.21 Å². The van der Waals surface area contributed by atoms with Crippen LogP contribution in [-0.4, -0.2) is 61.8 Å². The molecule has 0 heterocycles. The summed E-state index contributed by atoms with van der Waals surface area (Å²) in [4.78, 5) is 0. The minimum absolute atomic E-state index is 0. The number of hydrogen-bond acceptors (Lipinski definition) is 6. The first kappa shape index (κ1) is 79.7. The molecule has 4 aromatic carbocycles. The van der Waals surface area contributed by atoms with Crippen molar-refractivity contribution in [1.82, 2.24) is 0 Å². The van der Waals surface area contributed by atoms with Crippen molar-refractivity contribution < 1.29 is 54.2 Å². The van der Waals surface area contributed by atoms with Gasteiger partial charge in [-0.3, -0.25) is 0 Å². The summed E-state index contributed by atoms with van der Waals surface area (Å²) in [5.41, 5.74) is 13.4. The number of benzene rings is 4. The van der Waals surface area contributed by atoms with E-state index in [1.807, 2.05) is 132 Å². The van der Waals surface area contributed by atoms with E-state index < -0.39 is 44.2 Å². The predicted octanol–water partition coefficient (Wildman–Crippen LogP) is 23.8. The summed E-state index contributed by atoms with van der Waals surface area (Å²) in [6, 6.07) is 37.3. The first-order valence-corrected chi connectivity index (χ1v) is 44.6. The van der Waals surface area contributed by atoms with Gasteiger partial charge in [0.15, 0.2) is 0 Å². The van der Waals surface area contributed by atoms with Gasteiger partial charge in [0, 0.05) is 7.92 Å². The van der Waals surface area contributed by atoms with Gasteiger partial charge < -0.3 is 21.0 Å². The van der Waals surface area contributed by atoms with Crippen LogP contribution >= 0.6 is 63.9 Å². The molecular weight excluding hydrogens is 1360 g/mol. The molecule has 3 fully saturated rings. The van der Waals surface area contributed by atoms with Crippen molar-refractivity contribution in [1.29, 1.82) is 0 Å². The van der Waals surface area contributed by atoms with Crippen molar-refractivity contribution >= 4 is 83.2 Å². The topological polar surface area (TPSA) is 55.4 Å². The molecule has 0 unspecified atom stereocenters. The van der Waals surface area contributed by atoms with Gasteiger partial charge in [-0.05, 0) is 160 Å². The molecule has 0 aliphatic heterocycles. The van der Waals surface area contributed by atoms with Crippen LogP contribution in [0.25, 0.3) is 11.1 Å². The summed E-state index contributed by atoms with van der Waals surface area (Å²) in [7, 11) is 22.0. The van der Waals surface area contributed by atoms with Crippen LogP contribution in [-0.2, 0) is 54.2 Å². The Balaban J connectivity index is 0.000000359. The molecule has 3 saturated carbocycles. The van der Waals surface area contributed by atoms with Crippen molar-refractivity contribution in [2.24, 2.45) is 0 Å². The number of hydrogen-bond donors (Lipinski definition) is 0. The van der Waals surface area contributed by atoms with Crippen LogP contribution in [0.15, 0.2) is 121 Å². The summed E-state index contributed by atoms with van der Waals surface area (Å²) in [6.45, 7) is 23.8. The zero-order chi connectivity index (χ0) is 58.8. The summed E-state index contributed by atoms with van der Waals surface area (Å²) < 4.78 is 35.3. The van der Waals surface area contributed by atoms with E-state index in [-0.39, 0.29) is 66.8 Å². The molecule has 15 heteroatoms. The fourth-order valence-electron chi connectivity index (χ4n) is 10.9. The molecule has 0 atom stereocenters. The van der Waals surface area contributed by atoms with Crippen LogP contribution in [0.2, 0.25) is 0 Å². The second kappa shape index (κ2) is 43.3. The standard InChI is InChI=1S/C18H33P.2C15H10.C9H22O3P.C9H21O3P.2CH4.CH3.4ClH.2Ru/c1-4-10-16(11-5-1)19(17-12-6-2-7-13-17)18-14-8-3-9-15-18;2*1-2-6-12(7-3-1)15-11-10-13-8-4-5-9-14(13)15;2*1-7(2)10-13(11-8(3)4)12-9(5)6;;;;;;;;;/h16-18H,1-15H2;2*1-9,11H;7-9,13H,1-6H3;7-9H,1-6H3;2*1H4;1H3;4*1H;;/q;;;+1;;;;-1;;;;;2*+2/p-3. The van der Waals surface area contributed by atoms with Crippen molar-refractivity contribution in [3.63, 3.8) is 0 Å². The van der Waals surface area contributed by atoms with E-state index in [1.54, 1.807) is 96.3 Å². The van der Waals surface area contributed by atoms with E-state index in [9.17, 15) is 0 Å². The molecule has 0 radical (unpaired) electrons. The van der Waals surface area contributed by atoms with Crippen LogP contribution < -0.4 is 0 Å². The molecule has 0 spiro atoms. The van der Waals surface area contributed by atoms with Crippen molar-refractivity contribution in [2.75, 3.05) is 0 Å². The summed E-state index contributed by atoms with van der Waals surface area (Å²) in [6.07, 6.45) is 29.0. The third kappa shape index (κ3) is 28.0. The number of rotatable bonds is 17. The Morgan fingerprint density at radius 2 is 0.643 bits per heavy atom. The third-order valence-electron chi connectivity index (χ3n) is 14.0. The van der Waals surface area contributed by atoms with E-state index in [0.29, 0.717) is 0 Å². The summed E-state index contributed by atoms with van der Waals surface area (Å²) >= 11 is -3.76. The van der Waals surface area contributed by atoms with Gasteiger partial charge in [0.25, 0.3) is 0 Å². The molecule has 0 bridgehead atoms. The summed E-state index contributed by atoms with van der Waals surface area (Å²) in [5, 5.41) is 0. The van der Waals surface area contributed by atoms with Crippen LogP contribution in [0, 0.1) is 7.43 Å². The van der Waals surface area contributed by atoms with Crippen LogP contribution in [0.3, 0.4) is 0 Å². The molecular formula is C69H108Cl4O6P3Ru2+. The fourth-order valence-corrected chi connectivity index (χ4v) is 23.6. The molecule has 5 aliphatic rings. The van der Waals surface area contributed by atoms with Gasteiger partial charge in [-0.25, -0.2) is 0 Å². The van der Waals surface area contributed by atoms with Gasteiger partial charge in [-0.15, -0.1) is 0 Å². The monoisotopic (exact) mass is 1470 g/mol. The quantitative estimate of drug-likeness (QED) is 0.0597. The van der Waals surface area contributed by atoms with E-state index in [1.165, 1.54) is 61.5 Å². The van der Waals surface area contributed by atoms with Crippen molar-refractivity contribution in [3.8, 4) is 0 Å². The first-order valence-electron chi connectivity index (χ1n) is 29.8. The Morgan fingerprint density at radius 1 is 0.381 bits per heavy atom. The first-order chi connectivity index (χ1) is 38.8. The molecule has 0 saturated heterocycles. The van der Waals surface area contributed by atoms with E-state index >= 15 is 0 Å². The Hall–Kier alpha value is -0.443. The molecule has 0 N–H and O–H groups in total. The molecule has 4 aromatic rings. The Morgan fingerprint density at radius 3 is 0.893 bits per heavy atom. The van der Waals surface area contributed by atoms with Crippen LogP contribution in [0.5, 0.6) is 0 Å². The van der Waals surface area contributed by atoms with Gasteiger partial charge in [-0.1, -0.05) is 34.1 Å². The van der Waals surface area contributed by atoms with Crippen LogP contribution in [0.4, 0.5) is 0 Å². The zero-order valence-corrected chi connectivity index (χ0v) is 60.9. The fraction of sp³-hybridized carbons (Fsp3) is 0.551. The average molecular weight is 1470 g/mol. The molecule has 5 aliphatic carbocycles. The minimum atomic E-state index is -1.88. The van der Waals surface area contributed by atoms with Gasteiger partial charge >= 0.3 is 257 Å². The third-order valence-corrected chi connectivity index (χ3v) is 28.6. The van der Waals surface area contributed by atoms with Crippen LogP contribution in [0.1, 0.15) is 228 Å². The predicted molar refractivity (Wildman–Crippen MR) is 373 cm³/mol. The SMILES string of the molecule is C.C.C1CCC([PH+](C2CCCCC2)C2CCCCC2)CC1.CC(C)OP(OC(C)C)OC(C)C.CC(C)O[PH+](OC(C)C)OC(C)C.[CH3-].[Cl][Ru]([Cl])=[C]1C=C(c2ccccc2)c2ccccc21.[Cl][Ru]([Cl])=[C]1C=C(c2ccccc2)c2ccccc21. The maximum atomic E-state index is 6.19. The van der Waals surface area contributed by atoms with Gasteiger partial charge in [-0.2, -0.15) is 13.6 Å². The second-order valence-electron chi connectivity index (χ2n) is 22.9. The Bertz CT molecular complexity index is 2320. The number of allylic oxidation sites excluding steroid dienone is 2. The average Bonchev–Trinajstić information content (AvgIpc) is 3.78. The molecule has 9 rings (SSSR count). The number of fused-ring (bicyclic) bond motifs is 2. The van der Waals surface area contributed by atoms with Gasteiger partial charge in [0.2, 0.25) is 0 Å². The molecule has 0 aromatic heterocycles. The Kier molecular flexibility index (Phi) is 41.1. The van der Waals surface area contributed by atoms with Crippen molar-refractivity contribution in [2.45, 2.75) is 248 Å². The Labute approximate surface area is 542 Å². The summed E-state index contributed by atoms with van der Waals surface area (Å²) in [5.74, 6) is 0. The zero-order valence-electron chi connectivity index (χ0n) is 51.5. The second-order valence-corrected chi connectivity index (χ2v) is 40.3. The molecule has 84 heavy (non-hydrogen) atoms. The molecule has 6 nitrogen and oxygen atoms in total. The maximum absolute atomic E-state index is 6.19. The van der Waals surface area contributed by atoms with E-state index in [4.69, 9.17) is 65.9 Å². The molecule has 0 amide bonds. The van der Waals surface area contributed by atoms with Crippen molar-refractivity contribution in [3.05, 3.63) is 162 Å². The molecule has 478 valence electrons. The van der Waals surface area contributed by atoms with Gasteiger partial charge in [0.1, 0.15) is 18.3 Å².